The SMILES string of the molecule is Cc1nc(Br)ccc1NS(=O)(=O)Cc1cccc(N)c1. The van der Waals surface area contributed by atoms with E-state index < -0.39 is 10.0 Å². The number of hydrogen-bond acceptors (Lipinski definition) is 4. The molecule has 0 saturated carbocycles. The van der Waals surface area contributed by atoms with Gasteiger partial charge in [0.2, 0.25) is 10.0 Å². The highest BCUT2D eigenvalue weighted by atomic mass is 79.9. The van der Waals surface area contributed by atoms with Crippen LogP contribution in [0.5, 0.6) is 0 Å². The Kier molecular flexibility index (Phi) is 4.29. The summed E-state index contributed by atoms with van der Waals surface area (Å²) in [4.78, 5) is 4.15. The first-order valence-electron chi connectivity index (χ1n) is 5.84. The predicted octanol–water partition coefficient (Wildman–Crippen LogP) is 2.68. The van der Waals surface area contributed by atoms with Gasteiger partial charge in [-0.2, -0.15) is 0 Å². The molecular weight excluding hydrogens is 342 g/mol. The molecule has 3 N–H and O–H groups in total. The lowest BCUT2D eigenvalue weighted by molar-refractivity contribution is 0.600. The summed E-state index contributed by atoms with van der Waals surface area (Å²) in [5.74, 6) is -0.131. The molecule has 0 saturated heterocycles. The molecule has 2 aromatic rings. The first kappa shape index (κ1) is 14.8. The van der Waals surface area contributed by atoms with Gasteiger partial charge in [-0.05, 0) is 52.7 Å². The van der Waals surface area contributed by atoms with Crippen LogP contribution in [0.2, 0.25) is 0 Å². The average molecular weight is 356 g/mol. The summed E-state index contributed by atoms with van der Waals surface area (Å²) in [6, 6.07) is 10.2. The minimum atomic E-state index is -3.50. The number of rotatable bonds is 4. The lowest BCUT2D eigenvalue weighted by Crippen LogP contribution is -2.16. The van der Waals surface area contributed by atoms with Crippen LogP contribution in [-0.2, 0) is 15.8 Å². The molecular formula is C13H14BrN3O2S. The third-order valence-corrected chi connectivity index (χ3v) is 4.31. The molecule has 0 amide bonds. The number of halogens is 1. The number of aromatic nitrogens is 1. The second-order valence-corrected chi connectivity index (χ2v) is 6.91. The largest absolute Gasteiger partial charge is 0.399 e. The Bertz CT molecular complexity index is 732. The third kappa shape index (κ3) is 3.94. The minimum Gasteiger partial charge on any atom is -0.399 e. The second kappa shape index (κ2) is 5.80. The highest BCUT2D eigenvalue weighted by Gasteiger charge is 2.13. The van der Waals surface area contributed by atoms with Crippen LogP contribution in [0.25, 0.3) is 0 Å². The van der Waals surface area contributed by atoms with Crippen molar-refractivity contribution in [3.05, 3.63) is 52.3 Å². The van der Waals surface area contributed by atoms with Gasteiger partial charge in [0.1, 0.15) is 4.60 Å². The van der Waals surface area contributed by atoms with Crippen LogP contribution in [0.3, 0.4) is 0 Å². The van der Waals surface area contributed by atoms with E-state index in [2.05, 4.69) is 25.6 Å². The Hall–Kier alpha value is -1.60. The highest BCUT2D eigenvalue weighted by Crippen LogP contribution is 2.19. The van der Waals surface area contributed by atoms with Crippen molar-refractivity contribution in [1.82, 2.24) is 4.98 Å². The number of pyridine rings is 1. The fraction of sp³-hybridized carbons (Fsp3) is 0.154. The molecule has 0 unspecified atom stereocenters. The van der Waals surface area contributed by atoms with Gasteiger partial charge < -0.3 is 5.73 Å². The second-order valence-electron chi connectivity index (χ2n) is 4.37. The Labute approximate surface area is 126 Å². The topological polar surface area (TPSA) is 85.1 Å². The van der Waals surface area contributed by atoms with E-state index in [9.17, 15) is 8.42 Å². The minimum absolute atomic E-state index is 0.131. The van der Waals surface area contributed by atoms with E-state index in [4.69, 9.17) is 5.73 Å². The molecule has 1 heterocycles. The summed E-state index contributed by atoms with van der Waals surface area (Å²) in [5.41, 5.74) is 7.90. The lowest BCUT2D eigenvalue weighted by atomic mass is 10.2. The van der Waals surface area contributed by atoms with E-state index in [-0.39, 0.29) is 5.75 Å². The number of nitrogen functional groups attached to an aromatic ring is 1. The Morgan fingerprint density at radius 3 is 2.70 bits per heavy atom. The van der Waals surface area contributed by atoms with Crippen molar-refractivity contribution in [2.75, 3.05) is 10.5 Å². The molecule has 2 rings (SSSR count). The van der Waals surface area contributed by atoms with Crippen LogP contribution >= 0.6 is 15.9 Å². The zero-order chi connectivity index (χ0) is 14.8. The van der Waals surface area contributed by atoms with E-state index in [1.165, 1.54) is 0 Å². The fourth-order valence-corrected chi connectivity index (χ4v) is 3.38. The molecule has 0 spiro atoms. The van der Waals surface area contributed by atoms with Crippen LogP contribution in [0.1, 0.15) is 11.3 Å². The van der Waals surface area contributed by atoms with Crippen molar-refractivity contribution >= 4 is 37.3 Å². The third-order valence-electron chi connectivity index (χ3n) is 2.63. The fourth-order valence-electron chi connectivity index (χ4n) is 1.74. The van der Waals surface area contributed by atoms with Gasteiger partial charge in [0, 0.05) is 5.69 Å². The van der Waals surface area contributed by atoms with Crippen molar-refractivity contribution in [3.63, 3.8) is 0 Å². The summed E-state index contributed by atoms with van der Waals surface area (Å²) in [5, 5.41) is 0. The Balaban J connectivity index is 2.19. The monoisotopic (exact) mass is 355 g/mol. The Morgan fingerprint density at radius 2 is 2.05 bits per heavy atom. The van der Waals surface area contributed by atoms with Gasteiger partial charge >= 0.3 is 0 Å². The molecule has 1 aromatic heterocycles. The molecule has 0 aliphatic heterocycles. The van der Waals surface area contributed by atoms with Crippen molar-refractivity contribution in [3.8, 4) is 0 Å². The first-order chi connectivity index (χ1) is 9.35. The Morgan fingerprint density at radius 1 is 1.30 bits per heavy atom. The number of sulfonamides is 1. The van der Waals surface area contributed by atoms with Gasteiger partial charge in [0.15, 0.2) is 0 Å². The van der Waals surface area contributed by atoms with Crippen molar-refractivity contribution < 1.29 is 8.42 Å². The number of anilines is 2. The van der Waals surface area contributed by atoms with Crippen molar-refractivity contribution in [1.29, 1.82) is 0 Å². The number of hydrogen-bond donors (Lipinski definition) is 2. The number of benzene rings is 1. The molecule has 7 heteroatoms. The smallest absolute Gasteiger partial charge is 0.236 e. The number of nitrogens with one attached hydrogen (secondary N) is 1. The van der Waals surface area contributed by atoms with Crippen LogP contribution in [-0.4, -0.2) is 13.4 Å². The summed E-state index contributed by atoms with van der Waals surface area (Å²) >= 11 is 3.24. The zero-order valence-corrected chi connectivity index (χ0v) is 13.2. The molecule has 0 atom stereocenters. The summed E-state index contributed by atoms with van der Waals surface area (Å²) in [6.07, 6.45) is 0. The van der Waals surface area contributed by atoms with Gasteiger partial charge in [0.05, 0.1) is 17.1 Å². The van der Waals surface area contributed by atoms with Gasteiger partial charge in [-0.25, -0.2) is 13.4 Å². The van der Waals surface area contributed by atoms with Crippen molar-refractivity contribution in [2.45, 2.75) is 12.7 Å². The van der Waals surface area contributed by atoms with Gasteiger partial charge in [-0.1, -0.05) is 12.1 Å². The molecule has 5 nitrogen and oxygen atoms in total. The summed E-state index contributed by atoms with van der Waals surface area (Å²) in [7, 11) is -3.50. The van der Waals surface area contributed by atoms with E-state index >= 15 is 0 Å². The lowest BCUT2D eigenvalue weighted by Gasteiger charge is -2.10. The molecule has 0 fully saturated rings. The highest BCUT2D eigenvalue weighted by molar-refractivity contribution is 9.10. The van der Waals surface area contributed by atoms with E-state index in [0.717, 1.165) is 0 Å². The standard InChI is InChI=1S/C13H14BrN3O2S/c1-9-12(5-6-13(14)16-9)17-20(18,19)8-10-3-2-4-11(15)7-10/h2-7,17H,8,15H2,1H3. The maximum Gasteiger partial charge on any atom is 0.236 e. The molecule has 0 radical (unpaired) electrons. The molecule has 0 aliphatic carbocycles. The molecule has 0 bridgehead atoms. The summed E-state index contributed by atoms with van der Waals surface area (Å²) < 4.78 is 27.4. The van der Waals surface area contributed by atoms with Gasteiger partial charge in [0.25, 0.3) is 0 Å². The quantitative estimate of drug-likeness (QED) is 0.652. The van der Waals surface area contributed by atoms with Crippen molar-refractivity contribution in [2.24, 2.45) is 0 Å². The number of nitrogens with two attached hydrogens (primary N) is 1. The predicted molar refractivity (Wildman–Crippen MR) is 83.8 cm³/mol. The van der Waals surface area contributed by atoms with Crippen LogP contribution in [0.4, 0.5) is 11.4 Å². The van der Waals surface area contributed by atoms with Gasteiger partial charge in [-0.3, -0.25) is 4.72 Å². The normalized spacial score (nSPS) is 11.3. The first-order valence-corrected chi connectivity index (χ1v) is 8.28. The molecule has 1 aromatic carbocycles. The molecule has 106 valence electrons. The summed E-state index contributed by atoms with van der Waals surface area (Å²) in [6.45, 7) is 1.74. The van der Waals surface area contributed by atoms with E-state index in [0.29, 0.717) is 27.2 Å². The molecule has 0 aliphatic rings. The van der Waals surface area contributed by atoms with Crippen LogP contribution < -0.4 is 10.5 Å². The number of aryl methyl sites for hydroxylation is 1. The van der Waals surface area contributed by atoms with E-state index in [1.54, 1.807) is 43.3 Å². The van der Waals surface area contributed by atoms with E-state index in [1.807, 2.05) is 0 Å². The maximum absolute atomic E-state index is 12.1. The van der Waals surface area contributed by atoms with Gasteiger partial charge in [-0.15, -0.1) is 0 Å². The zero-order valence-electron chi connectivity index (χ0n) is 10.8. The maximum atomic E-state index is 12.1. The molecule has 20 heavy (non-hydrogen) atoms. The van der Waals surface area contributed by atoms with Crippen LogP contribution in [0, 0.1) is 6.92 Å². The number of nitrogens with zero attached hydrogens (tertiary/aromatic N) is 1. The van der Waals surface area contributed by atoms with Crippen LogP contribution in [0.15, 0.2) is 41.0 Å². The average Bonchev–Trinajstić information content (AvgIpc) is 2.32.